The number of aliphatic hydroxyl groups is 1. The van der Waals surface area contributed by atoms with Crippen molar-refractivity contribution in [3.05, 3.63) is 0 Å². The van der Waals surface area contributed by atoms with E-state index in [0.717, 1.165) is 39.0 Å². The molecule has 3 N–H and O–H groups in total. The summed E-state index contributed by atoms with van der Waals surface area (Å²) in [4.78, 5) is 4.89. The summed E-state index contributed by atoms with van der Waals surface area (Å²) in [5.41, 5.74) is 5.81. The topological polar surface area (TPSA) is 52.7 Å². The third-order valence-electron chi connectivity index (χ3n) is 3.43. The number of rotatable bonds is 7. The monoisotopic (exact) mass is 229 g/mol. The molecule has 1 rings (SSSR count). The van der Waals surface area contributed by atoms with Crippen LogP contribution in [0.1, 0.15) is 25.7 Å². The second-order valence-corrected chi connectivity index (χ2v) is 4.83. The summed E-state index contributed by atoms with van der Waals surface area (Å²) in [5, 5.41) is 8.69. The molecule has 1 aliphatic rings. The second kappa shape index (κ2) is 8.01. The van der Waals surface area contributed by atoms with Crippen molar-refractivity contribution < 1.29 is 5.11 Å². The summed E-state index contributed by atoms with van der Waals surface area (Å²) in [7, 11) is 2.17. The number of likely N-dealkylation sites (N-methyl/N-ethyl adjacent to an activating group) is 1. The SMILES string of the molecule is CN1CCN(CCCCCCO)C(CN)C1. The molecule has 0 radical (unpaired) electrons. The maximum absolute atomic E-state index is 8.69. The standard InChI is InChI=1S/C12H27N3O/c1-14-7-8-15(12(10-13)11-14)6-4-2-3-5-9-16/h12,16H,2-11,13H2,1H3. The Kier molecular flexibility index (Phi) is 6.96. The number of aliphatic hydroxyl groups excluding tert-OH is 1. The third kappa shape index (κ3) is 4.78. The number of unbranched alkanes of at least 4 members (excludes halogenated alkanes) is 3. The molecule has 0 amide bonds. The number of hydrogen-bond acceptors (Lipinski definition) is 4. The first-order valence-corrected chi connectivity index (χ1v) is 6.51. The quantitative estimate of drug-likeness (QED) is 0.609. The Morgan fingerprint density at radius 2 is 1.94 bits per heavy atom. The van der Waals surface area contributed by atoms with Crippen molar-refractivity contribution in [1.29, 1.82) is 0 Å². The molecule has 4 nitrogen and oxygen atoms in total. The molecule has 0 aromatic heterocycles. The van der Waals surface area contributed by atoms with Crippen LogP contribution in [0.4, 0.5) is 0 Å². The van der Waals surface area contributed by atoms with Crippen molar-refractivity contribution in [3.8, 4) is 0 Å². The minimum atomic E-state index is 0.333. The zero-order chi connectivity index (χ0) is 11.8. The fourth-order valence-corrected chi connectivity index (χ4v) is 2.35. The van der Waals surface area contributed by atoms with Crippen LogP contribution in [0.15, 0.2) is 0 Å². The van der Waals surface area contributed by atoms with E-state index in [1.165, 1.54) is 19.4 Å². The highest BCUT2D eigenvalue weighted by atomic mass is 16.2. The van der Waals surface area contributed by atoms with Crippen molar-refractivity contribution in [2.75, 3.05) is 46.4 Å². The van der Waals surface area contributed by atoms with Crippen molar-refractivity contribution in [3.63, 3.8) is 0 Å². The number of nitrogens with two attached hydrogens (primary N) is 1. The van der Waals surface area contributed by atoms with Gasteiger partial charge in [0.1, 0.15) is 0 Å². The Balaban J connectivity index is 2.14. The van der Waals surface area contributed by atoms with Gasteiger partial charge in [0.05, 0.1) is 0 Å². The largest absolute Gasteiger partial charge is 0.396 e. The molecule has 1 aliphatic heterocycles. The van der Waals surface area contributed by atoms with Gasteiger partial charge in [0.25, 0.3) is 0 Å². The van der Waals surface area contributed by atoms with Crippen LogP contribution in [0.3, 0.4) is 0 Å². The highest BCUT2D eigenvalue weighted by Crippen LogP contribution is 2.09. The Morgan fingerprint density at radius 3 is 2.62 bits per heavy atom. The molecule has 1 atom stereocenters. The molecule has 0 aliphatic carbocycles. The van der Waals surface area contributed by atoms with Crippen LogP contribution < -0.4 is 5.73 Å². The van der Waals surface area contributed by atoms with Crippen molar-refractivity contribution in [1.82, 2.24) is 9.80 Å². The van der Waals surface area contributed by atoms with E-state index in [0.29, 0.717) is 12.6 Å². The minimum Gasteiger partial charge on any atom is -0.396 e. The number of nitrogens with zero attached hydrogens (tertiary/aromatic N) is 2. The van der Waals surface area contributed by atoms with Crippen LogP contribution in [0.2, 0.25) is 0 Å². The highest BCUT2D eigenvalue weighted by Gasteiger charge is 2.22. The zero-order valence-corrected chi connectivity index (χ0v) is 10.6. The first kappa shape index (κ1) is 13.9. The molecule has 1 heterocycles. The summed E-state index contributed by atoms with van der Waals surface area (Å²) in [6.07, 6.45) is 4.56. The highest BCUT2D eigenvalue weighted by molar-refractivity contribution is 4.81. The van der Waals surface area contributed by atoms with Gasteiger partial charge in [-0.25, -0.2) is 0 Å². The lowest BCUT2D eigenvalue weighted by atomic mass is 10.1. The fourth-order valence-electron chi connectivity index (χ4n) is 2.35. The molecule has 1 unspecified atom stereocenters. The van der Waals surface area contributed by atoms with E-state index in [4.69, 9.17) is 10.8 Å². The first-order chi connectivity index (χ1) is 7.77. The summed E-state index contributed by atoms with van der Waals surface area (Å²) in [6.45, 7) is 5.68. The van der Waals surface area contributed by atoms with E-state index < -0.39 is 0 Å². The van der Waals surface area contributed by atoms with Gasteiger partial charge < -0.3 is 15.7 Å². The van der Waals surface area contributed by atoms with Crippen LogP contribution in [0, 0.1) is 0 Å². The molecule has 1 fully saturated rings. The maximum atomic E-state index is 8.69. The second-order valence-electron chi connectivity index (χ2n) is 4.83. The Labute approximate surface area is 99.4 Å². The summed E-state index contributed by atoms with van der Waals surface area (Å²) in [6, 6.07) is 0.539. The van der Waals surface area contributed by atoms with Gasteiger partial charge in [-0.2, -0.15) is 0 Å². The molecule has 0 spiro atoms. The minimum absolute atomic E-state index is 0.333. The van der Waals surface area contributed by atoms with Crippen LogP contribution in [-0.2, 0) is 0 Å². The Morgan fingerprint density at radius 1 is 1.19 bits per heavy atom. The van der Waals surface area contributed by atoms with Gasteiger partial charge in [-0.1, -0.05) is 12.8 Å². The van der Waals surface area contributed by atoms with Crippen LogP contribution in [-0.4, -0.2) is 67.3 Å². The normalized spacial score (nSPS) is 23.8. The van der Waals surface area contributed by atoms with Crippen LogP contribution in [0.5, 0.6) is 0 Å². The van der Waals surface area contributed by atoms with E-state index >= 15 is 0 Å². The molecular formula is C12H27N3O. The molecule has 96 valence electrons. The molecule has 4 heteroatoms. The predicted octanol–water partition coefficient (Wildman–Crippen LogP) is 0.114. The molecule has 0 saturated carbocycles. The van der Waals surface area contributed by atoms with Gasteiger partial charge in [-0.05, 0) is 26.4 Å². The van der Waals surface area contributed by atoms with Gasteiger partial charge in [0.15, 0.2) is 0 Å². The summed E-state index contributed by atoms with van der Waals surface area (Å²) in [5.74, 6) is 0. The van der Waals surface area contributed by atoms with Crippen LogP contribution in [0.25, 0.3) is 0 Å². The third-order valence-corrected chi connectivity index (χ3v) is 3.43. The van der Waals surface area contributed by atoms with E-state index in [-0.39, 0.29) is 0 Å². The lowest BCUT2D eigenvalue weighted by Gasteiger charge is -2.39. The Bertz CT molecular complexity index is 178. The van der Waals surface area contributed by atoms with Crippen molar-refractivity contribution in [2.45, 2.75) is 31.7 Å². The van der Waals surface area contributed by atoms with Crippen LogP contribution >= 0.6 is 0 Å². The molecule has 16 heavy (non-hydrogen) atoms. The van der Waals surface area contributed by atoms with E-state index in [1.54, 1.807) is 0 Å². The van der Waals surface area contributed by atoms with Gasteiger partial charge in [0.2, 0.25) is 0 Å². The molecule has 1 saturated heterocycles. The number of piperazine rings is 1. The number of hydrogen-bond donors (Lipinski definition) is 2. The van der Waals surface area contributed by atoms with Crippen molar-refractivity contribution >= 4 is 0 Å². The Hall–Kier alpha value is -0.160. The van der Waals surface area contributed by atoms with E-state index in [1.807, 2.05) is 0 Å². The molecule has 0 aromatic rings. The first-order valence-electron chi connectivity index (χ1n) is 6.51. The lowest BCUT2D eigenvalue weighted by Crippen LogP contribution is -2.54. The van der Waals surface area contributed by atoms with Gasteiger partial charge >= 0.3 is 0 Å². The maximum Gasteiger partial charge on any atom is 0.0431 e. The predicted molar refractivity (Wildman–Crippen MR) is 67.5 cm³/mol. The summed E-state index contributed by atoms with van der Waals surface area (Å²) < 4.78 is 0. The summed E-state index contributed by atoms with van der Waals surface area (Å²) >= 11 is 0. The van der Waals surface area contributed by atoms with E-state index in [2.05, 4.69) is 16.8 Å². The molecule has 0 bridgehead atoms. The zero-order valence-electron chi connectivity index (χ0n) is 10.6. The fraction of sp³-hybridized carbons (Fsp3) is 1.00. The van der Waals surface area contributed by atoms with Gasteiger partial charge in [0, 0.05) is 38.8 Å². The average molecular weight is 229 g/mol. The van der Waals surface area contributed by atoms with Gasteiger partial charge in [-0.3, -0.25) is 4.90 Å². The lowest BCUT2D eigenvalue weighted by molar-refractivity contribution is 0.0925. The molecule has 0 aromatic carbocycles. The smallest absolute Gasteiger partial charge is 0.0431 e. The van der Waals surface area contributed by atoms with Crippen molar-refractivity contribution in [2.24, 2.45) is 5.73 Å². The van der Waals surface area contributed by atoms with E-state index in [9.17, 15) is 0 Å². The van der Waals surface area contributed by atoms with Gasteiger partial charge in [-0.15, -0.1) is 0 Å². The average Bonchev–Trinajstić information content (AvgIpc) is 2.30. The molecular weight excluding hydrogens is 202 g/mol.